The maximum absolute atomic E-state index is 15.6. The highest BCUT2D eigenvalue weighted by molar-refractivity contribution is 6.31. The average molecular weight is 541 g/mol. The van der Waals surface area contributed by atoms with Crippen molar-refractivity contribution < 1.29 is 13.2 Å². The molecule has 0 saturated carbocycles. The Labute approximate surface area is 221 Å². The van der Waals surface area contributed by atoms with Crippen LogP contribution in [-0.2, 0) is 12.5 Å². The number of anilines is 1. The maximum Gasteiger partial charge on any atom is 0.333 e. The normalized spacial score (nSPS) is 15.1. The van der Waals surface area contributed by atoms with Crippen molar-refractivity contribution >= 4 is 23.6 Å². The number of benzene rings is 1. The number of hydrogen-bond acceptors (Lipinski definition) is 6. The van der Waals surface area contributed by atoms with Gasteiger partial charge in [-0.3, -0.25) is 4.57 Å². The van der Waals surface area contributed by atoms with Crippen molar-refractivity contribution in [3.8, 4) is 22.6 Å². The summed E-state index contributed by atoms with van der Waals surface area (Å²) in [5, 5.41) is 21.1. The summed E-state index contributed by atoms with van der Waals surface area (Å²) in [6.45, 7) is 1.16. The minimum absolute atomic E-state index is 0.109. The molecular weight excluding hydrogens is 517 g/mol. The second-order valence-electron chi connectivity index (χ2n) is 8.85. The van der Waals surface area contributed by atoms with Crippen molar-refractivity contribution in [2.24, 2.45) is 0 Å². The third-order valence-electron chi connectivity index (χ3n) is 6.46. The molecule has 0 amide bonds. The van der Waals surface area contributed by atoms with Crippen LogP contribution in [0.1, 0.15) is 23.0 Å². The first-order valence-corrected chi connectivity index (χ1v) is 12.1. The highest BCUT2D eigenvalue weighted by Crippen LogP contribution is 2.43. The van der Waals surface area contributed by atoms with Crippen LogP contribution in [0.5, 0.6) is 0 Å². The van der Waals surface area contributed by atoms with Crippen molar-refractivity contribution in [1.82, 2.24) is 29.6 Å². The van der Waals surface area contributed by atoms with E-state index in [9.17, 15) is 4.39 Å². The molecule has 0 radical (unpaired) electrons. The highest BCUT2D eigenvalue weighted by atomic mass is 35.5. The van der Waals surface area contributed by atoms with E-state index >= 15 is 8.78 Å². The van der Waals surface area contributed by atoms with Gasteiger partial charge in [0.15, 0.2) is 5.82 Å². The van der Waals surface area contributed by atoms with Crippen LogP contribution in [0.3, 0.4) is 0 Å². The summed E-state index contributed by atoms with van der Waals surface area (Å²) in [5.74, 6) is -2.94. The van der Waals surface area contributed by atoms with Gasteiger partial charge in [0.1, 0.15) is 18.3 Å². The summed E-state index contributed by atoms with van der Waals surface area (Å²) in [6.07, 6.45) is 6.26. The number of allylic oxidation sites excluding steroid dienone is 1. The first-order chi connectivity index (χ1) is 18.3. The first-order valence-electron chi connectivity index (χ1n) is 11.8. The molecule has 1 aliphatic rings. The van der Waals surface area contributed by atoms with Gasteiger partial charge in [0.2, 0.25) is 5.82 Å². The van der Waals surface area contributed by atoms with Crippen LogP contribution < -0.4 is 10.6 Å². The van der Waals surface area contributed by atoms with Gasteiger partial charge in [0.25, 0.3) is 0 Å². The molecule has 0 unspecified atom stereocenters. The lowest BCUT2D eigenvalue weighted by Gasteiger charge is -2.28. The van der Waals surface area contributed by atoms with Crippen molar-refractivity contribution in [1.29, 1.82) is 5.41 Å². The number of pyridine rings is 1. The van der Waals surface area contributed by atoms with E-state index in [1.807, 2.05) is 29.8 Å². The van der Waals surface area contributed by atoms with Crippen LogP contribution in [0, 0.1) is 12.3 Å². The van der Waals surface area contributed by atoms with Crippen LogP contribution in [0.25, 0.3) is 22.6 Å². The molecule has 3 N–H and O–H groups in total. The van der Waals surface area contributed by atoms with Gasteiger partial charge in [-0.2, -0.15) is 8.78 Å². The number of nitrogens with one attached hydrogen (secondary N) is 3. The lowest BCUT2D eigenvalue weighted by molar-refractivity contribution is 0.0259. The van der Waals surface area contributed by atoms with E-state index in [0.717, 1.165) is 22.9 Å². The summed E-state index contributed by atoms with van der Waals surface area (Å²) in [6, 6.07) is 8.39. The predicted molar refractivity (Wildman–Crippen MR) is 140 cm³/mol. The minimum atomic E-state index is -3.58. The molecule has 0 fully saturated rings. The molecule has 1 aliphatic heterocycles. The third kappa shape index (κ3) is 4.32. The zero-order chi connectivity index (χ0) is 27.0. The van der Waals surface area contributed by atoms with E-state index in [2.05, 4.69) is 25.8 Å². The zero-order valence-electron chi connectivity index (χ0n) is 20.5. The SMILES string of the molecule is CN/C(=C\C=N)Nc1cc(-c2cc3n(c2)C[C@H](CF)n2c-3nnc2C(F)(F)c2ccccc2Cl)c(C)cn1. The van der Waals surface area contributed by atoms with Gasteiger partial charge in [0, 0.05) is 43.3 Å². The molecule has 3 aromatic heterocycles. The van der Waals surface area contributed by atoms with E-state index in [0.29, 0.717) is 17.3 Å². The summed E-state index contributed by atoms with van der Waals surface area (Å²) in [5.41, 5.74) is 2.65. The smallest absolute Gasteiger partial charge is 0.333 e. The fraction of sp³-hybridized carbons (Fsp3) is 0.231. The van der Waals surface area contributed by atoms with Gasteiger partial charge in [0.05, 0.1) is 16.8 Å². The van der Waals surface area contributed by atoms with Crippen molar-refractivity contribution in [3.05, 3.63) is 82.7 Å². The van der Waals surface area contributed by atoms with Crippen LogP contribution in [0.4, 0.5) is 19.0 Å². The van der Waals surface area contributed by atoms with Crippen LogP contribution in [-0.4, -0.2) is 44.3 Å². The second-order valence-corrected chi connectivity index (χ2v) is 9.26. The number of hydrogen-bond donors (Lipinski definition) is 3. The summed E-state index contributed by atoms with van der Waals surface area (Å²) >= 11 is 6.07. The third-order valence-corrected chi connectivity index (χ3v) is 6.79. The number of rotatable bonds is 8. The standard InChI is InChI=1S/C26H24ClF3N8/c1-15-12-33-23(34-22(32-2)7-8-31)10-18(15)16-9-21-24-35-36-25(38(24)17(11-28)14-37(21)13-16)26(29,30)19-5-3-4-6-20(19)27/h3-10,12-13,17,31-32H,11,14H2,1-2H3,(H,33,34)/b22-7+,31-8?/t17-/m0/s1. The number of alkyl halides is 3. The molecule has 0 aliphatic carbocycles. The minimum Gasteiger partial charge on any atom is -0.375 e. The predicted octanol–water partition coefficient (Wildman–Crippen LogP) is 5.56. The van der Waals surface area contributed by atoms with Gasteiger partial charge in [-0.15, -0.1) is 10.2 Å². The molecule has 4 aromatic rings. The molecule has 0 bridgehead atoms. The topological polar surface area (TPSA) is 96.4 Å². The molecule has 12 heteroatoms. The fourth-order valence-corrected chi connectivity index (χ4v) is 4.85. The van der Waals surface area contributed by atoms with Crippen molar-refractivity contribution in [2.45, 2.75) is 25.4 Å². The number of aryl methyl sites for hydroxylation is 1. The molecule has 0 saturated heterocycles. The quantitative estimate of drug-likeness (QED) is 0.254. The highest BCUT2D eigenvalue weighted by Gasteiger charge is 2.44. The van der Waals surface area contributed by atoms with E-state index in [4.69, 9.17) is 17.0 Å². The van der Waals surface area contributed by atoms with Gasteiger partial charge in [-0.05, 0) is 42.3 Å². The second kappa shape index (κ2) is 9.97. The largest absolute Gasteiger partial charge is 0.375 e. The number of aromatic nitrogens is 5. The summed E-state index contributed by atoms with van der Waals surface area (Å²) < 4.78 is 48.5. The molecule has 38 heavy (non-hydrogen) atoms. The van der Waals surface area contributed by atoms with Crippen LogP contribution >= 0.6 is 11.6 Å². The van der Waals surface area contributed by atoms with E-state index in [1.54, 1.807) is 25.4 Å². The molecule has 1 atom stereocenters. The Morgan fingerprint density at radius 1 is 1.26 bits per heavy atom. The van der Waals surface area contributed by atoms with E-state index in [-0.39, 0.29) is 17.4 Å². The maximum atomic E-state index is 15.6. The lowest BCUT2D eigenvalue weighted by atomic mass is 10.0. The molecule has 8 nitrogen and oxygen atoms in total. The Balaban J connectivity index is 1.58. The summed E-state index contributed by atoms with van der Waals surface area (Å²) in [7, 11) is 1.72. The number of halogens is 4. The van der Waals surface area contributed by atoms with Crippen molar-refractivity contribution in [3.63, 3.8) is 0 Å². The van der Waals surface area contributed by atoms with Gasteiger partial charge in [-0.1, -0.05) is 29.8 Å². The molecular formula is C26H24ClF3N8. The average Bonchev–Trinajstić information content (AvgIpc) is 3.54. The molecule has 196 valence electrons. The molecule has 1 aromatic carbocycles. The van der Waals surface area contributed by atoms with E-state index in [1.165, 1.54) is 22.8 Å². The van der Waals surface area contributed by atoms with Gasteiger partial charge < -0.3 is 20.6 Å². The van der Waals surface area contributed by atoms with Gasteiger partial charge in [-0.25, -0.2) is 9.37 Å². The Kier molecular flexibility index (Phi) is 6.70. The Morgan fingerprint density at radius 2 is 2.05 bits per heavy atom. The molecule has 4 heterocycles. The lowest BCUT2D eigenvalue weighted by Crippen LogP contribution is -2.30. The molecule has 0 spiro atoms. The fourth-order valence-electron chi connectivity index (χ4n) is 4.60. The number of nitrogens with zero attached hydrogens (tertiary/aromatic N) is 5. The van der Waals surface area contributed by atoms with Crippen LogP contribution in [0.15, 0.2) is 60.7 Å². The Hall–Kier alpha value is -4.12. The number of fused-ring (bicyclic) bond motifs is 3. The zero-order valence-corrected chi connectivity index (χ0v) is 21.3. The monoisotopic (exact) mass is 540 g/mol. The van der Waals surface area contributed by atoms with Gasteiger partial charge >= 0.3 is 5.92 Å². The van der Waals surface area contributed by atoms with Crippen molar-refractivity contribution in [2.75, 3.05) is 19.0 Å². The molecule has 5 rings (SSSR count). The summed E-state index contributed by atoms with van der Waals surface area (Å²) in [4.78, 5) is 4.40. The first kappa shape index (κ1) is 25.5. The Bertz CT molecular complexity index is 1540. The van der Waals surface area contributed by atoms with Crippen LogP contribution in [0.2, 0.25) is 5.02 Å². The Morgan fingerprint density at radius 3 is 2.76 bits per heavy atom. The van der Waals surface area contributed by atoms with E-state index < -0.39 is 30.0 Å².